The first kappa shape index (κ1) is 11.6. The molecule has 0 saturated carbocycles. The Bertz CT molecular complexity index is 133. The number of carbonyl (C=O) groups excluding carboxylic acids is 1. The van der Waals surface area contributed by atoms with E-state index in [4.69, 9.17) is 15.3 Å². The summed E-state index contributed by atoms with van der Waals surface area (Å²) in [5.74, 6) is -0.315. The van der Waals surface area contributed by atoms with E-state index in [-0.39, 0.29) is 25.2 Å². The number of aliphatic hydroxyl groups excluding tert-OH is 3. The van der Waals surface area contributed by atoms with Crippen LogP contribution in [-0.4, -0.2) is 39.9 Å². The third-order valence-electron chi connectivity index (χ3n) is 1.52. The minimum absolute atomic E-state index is 0.0485. The lowest BCUT2D eigenvalue weighted by Gasteiger charge is -2.10. The fourth-order valence-electron chi connectivity index (χ4n) is 0.874. The maximum absolute atomic E-state index is 11.0. The van der Waals surface area contributed by atoms with Crippen molar-refractivity contribution in [3.05, 3.63) is 0 Å². The fourth-order valence-corrected chi connectivity index (χ4v) is 0.874. The van der Waals surface area contributed by atoms with Gasteiger partial charge in [0.05, 0.1) is 6.10 Å². The molecule has 1 unspecified atom stereocenters. The Labute approximate surface area is 71.8 Å². The molecule has 0 fully saturated rings. The van der Waals surface area contributed by atoms with Crippen LogP contribution in [0, 0.1) is 0 Å². The van der Waals surface area contributed by atoms with Gasteiger partial charge >= 0.3 is 0 Å². The number of carbonyl (C=O) groups is 1. The zero-order valence-corrected chi connectivity index (χ0v) is 7.23. The molecule has 0 aliphatic rings. The second kappa shape index (κ2) is 6.11. The quantitative estimate of drug-likeness (QED) is 0.508. The Balaban J connectivity index is 3.61. The molecule has 2 atom stereocenters. The minimum atomic E-state index is -1.09. The minimum Gasteiger partial charge on any atom is -0.396 e. The normalized spacial score (nSPS) is 15.7. The van der Waals surface area contributed by atoms with Gasteiger partial charge in [-0.15, -0.1) is 0 Å². The van der Waals surface area contributed by atoms with Crippen molar-refractivity contribution in [1.82, 2.24) is 0 Å². The standard InChI is InChI=1S/C8H16O4/c1-6(10)5-8(12)7(11)3-2-4-9/h6,8-10,12H,2-5H2,1H3/t6?,8-/m1/s1. The highest BCUT2D eigenvalue weighted by Crippen LogP contribution is 2.02. The van der Waals surface area contributed by atoms with E-state index < -0.39 is 12.2 Å². The number of rotatable bonds is 6. The molecule has 4 nitrogen and oxygen atoms in total. The molecule has 72 valence electrons. The van der Waals surface area contributed by atoms with E-state index in [2.05, 4.69) is 0 Å². The molecule has 0 spiro atoms. The predicted molar refractivity (Wildman–Crippen MR) is 43.6 cm³/mol. The summed E-state index contributed by atoms with van der Waals surface area (Å²) in [6.45, 7) is 1.47. The van der Waals surface area contributed by atoms with Crippen LogP contribution in [0.1, 0.15) is 26.2 Å². The molecule has 0 radical (unpaired) electrons. The fraction of sp³-hybridized carbons (Fsp3) is 0.875. The highest BCUT2D eigenvalue weighted by atomic mass is 16.3. The average Bonchev–Trinajstić information content (AvgIpc) is 1.98. The Morgan fingerprint density at radius 3 is 2.42 bits per heavy atom. The molecule has 0 aromatic rings. The van der Waals surface area contributed by atoms with Crippen molar-refractivity contribution in [3.8, 4) is 0 Å². The molecular weight excluding hydrogens is 160 g/mol. The number of aliphatic hydroxyl groups is 3. The van der Waals surface area contributed by atoms with Crippen LogP contribution in [0.25, 0.3) is 0 Å². The molecule has 0 aliphatic heterocycles. The first-order valence-corrected chi connectivity index (χ1v) is 4.07. The van der Waals surface area contributed by atoms with E-state index >= 15 is 0 Å². The monoisotopic (exact) mass is 176 g/mol. The lowest BCUT2D eigenvalue weighted by Crippen LogP contribution is -2.24. The highest BCUT2D eigenvalue weighted by molar-refractivity contribution is 5.82. The smallest absolute Gasteiger partial charge is 0.161 e. The van der Waals surface area contributed by atoms with E-state index in [0.29, 0.717) is 6.42 Å². The first-order valence-electron chi connectivity index (χ1n) is 4.07. The number of ketones is 1. The summed E-state index contributed by atoms with van der Waals surface area (Å²) in [7, 11) is 0. The van der Waals surface area contributed by atoms with Gasteiger partial charge in [0.25, 0.3) is 0 Å². The van der Waals surface area contributed by atoms with Crippen LogP contribution in [0.15, 0.2) is 0 Å². The third kappa shape index (κ3) is 5.23. The summed E-state index contributed by atoms with van der Waals surface area (Å²) >= 11 is 0. The van der Waals surface area contributed by atoms with Crippen LogP contribution in [0.5, 0.6) is 0 Å². The van der Waals surface area contributed by atoms with Crippen LogP contribution in [-0.2, 0) is 4.79 Å². The lowest BCUT2D eigenvalue weighted by atomic mass is 10.1. The highest BCUT2D eigenvalue weighted by Gasteiger charge is 2.15. The summed E-state index contributed by atoms with van der Waals surface area (Å²) in [4.78, 5) is 11.0. The first-order chi connectivity index (χ1) is 5.57. The van der Waals surface area contributed by atoms with Gasteiger partial charge in [0.15, 0.2) is 5.78 Å². The van der Waals surface area contributed by atoms with Gasteiger partial charge in [-0.2, -0.15) is 0 Å². The van der Waals surface area contributed by atoms with Crippen LogP contribution < -0.4 is 0 Å². The van der Waals surface area contributed by atoms with E-state index in [1.165, 1.54) is 6.92 Å². The predicted octanol–water partition coefficient (Wildman–Crippen LogP) is -0.540. The summed E-state index contributed by atoms with van der Waals surface area (Å²) in [5, 5.41) is 26.4. The van der Waals surface area contributed by atoms with Gasteiger partial charge in [-0.05, 0) is 13.3 Å². The zero-order valence-electron chi connectivity index (χ0n) is 7.23. The van der Waals surface area contributed by atoms with Gasteiger partial charge in [0, 0.05) is 19.4 Å². The molecule has 4 heteroatoms. The summed E-state index contributed by atoms with van der Waals surface area (Å²) < 4.78 is 0. The molecular formula is C8H16O4. The Morgan fingerprint density at radius 1 is 1.42 bits per heavy atom. The van der Waals surface area contributed by atoms with Crippen LogP contribution >= 0.6 is 0 Å². The van der Waals surface area contributed by atoms with Gasteiger partial charge in [0.2, 0.25) is 0 Å². The van der Waals surface area contributed by atoms with E-state index in [9.17, 15) is 4.79 Å². The molecule has 0 aromatic carbocycles. The van der Waals surface area contributed by atoms with Crippen molar-refractivity contribution in [3.63, 3.8) is 0 Å². The Kier molecular flexibility index (Phi) is 5.88. The number of hydrogen-bond donors (Lipinski definition) is 3. The second-order valence-electron chi connectivity index (χ2n) is 2.89. The third-order valence-corrected chi connectivity index (χ3v) is 1.52. The van der Waals surface area contributed by atoms with Gasteiger partial charge in [-0.3, -0.25) is 4.79 Å². The number of Topliss-reactive ketones (excluding diaryl/α,β-unsaturated/α-hetero) is 1. The van der Waals surface area contributed by atoms with Gasteiger partial charge < -0.3 is 15.3 Å². The van der Waals surface area contributed by atoms with Crippen molar-refractivity contribution in [2.75, 3.05) is 6.61 Å². The van der Waals surface area contributed by atoms with Gasteiger partial charge in [0.1, 0.15) is 6.10 Å². The summed E-state index contributed by atoms with van der Waals surface area (Å²) in [6.07, 6.45) is -1.14. The number of hydrogen-bond acceptors (Lipinski definition) is 4. The summed E-state index contributed by atoms with van der Waals surface area (Å²) in [5.41, 5.74) is 0. The molecule has 0 rings (SSSR count). The molecule has 12 heavy (non-hydrogen) atoms. The molecule has 0 aromatic heterocycles. The second-order valence-corrected chi connectivity index (χ2v) is 2.89. The molecule has 0 heterocycles. The van der Waals surface area contributed by atoms with Gasteiger partial charge in [-0.1, -0.05) is 0 Å². The zero-order chi connectivity index (χ0) is 9.56. The van der Waals surface area contributed by atoms with Crippen LogP contribution in [0.3, 0.4) is 0 Å². The van der Waals surface area contributed by atoms with E-state index in [0.717, 1.165) is 0 Å². The van der Waals surface area contributed by atoms with Gasteiger partial charge in [-0.25, -0.2) is 0 Å². The largest absolute Gasteiger partial charge is 0.396 e. The molecule has 0 amide bonds. The maximum Gasteiger partial charge on any atom is 0.161 e. The molecule has 3 N–H and O–H groups in total. The SMILES string of the molecule is CC(O)C[C@@H](O)C(=O)CCCO. The topological polar surface area (TPSA) is 77.8 Å². The van der Waals surface area contributed by atoms with Crippen molar-refractivity contribution < 1.29 is 20.1 Å². The van der Waals surface area contributed by atoms with E-state index in [1.54, 1.807) is 0 Å². The Hall–Kier alpha value is -0.450. The van der Waals surface area contributed by atoms with Crippen LogP contribution in [0.2, 0.25) is 0 Å². The van der Waals surface area contributed by atoms with Crippen molar-refractivity contribution >= 4 is 5.78 Å². The van der Waals surface area contributed by atoms with E-state index in [1.807, 2.05) is 0 Å². The summed E-state index contributed by atoms with van der Waals surface area (Å²) in [6, 6.07) is 0. The van der Waals surface area contributed by atoms with Crippen molar-refractivity contribution in [2.45, 2.75) is 38.4 Å². The van der Waals surface area contributed by atoms with Crippen LogP contribution in [0.4, 0.5) is 0 Å². The lowest BCUT2D eigenvalue weighted by molar-refractivity contribution is -0.128. The molecule has 0 saturated heterocycles. The van der Waals surface area contributed by atoms with Crippen molar-refractivity contribution in [2.24, 2.45) is 0 Å². The Morgan fingerprint density at radius 2 is 2.00 bits per heavy atom. The maximum atomic E-state index is 11.0. The average molecular weight is 176 g/mol. The van der Waals surface area contributed by atoms with Crippen molar-refractivity contribution in [1.29, 1.82) is 0 Å². The molecule has 0 bridgehead atoms. The molecule has 0 aliphatic carbocycles.